The van der Waals surface area contributed by atoms with E-state index in [1.807, 2.05) is 0 Å². The van der Waals surface area contributed by atoms with E-state index < -0.39 is 0 Å². The van der Waals surface area contributed by atoms with Crippen LogP contribution in [0.25, 0.3) is 0 Å². The maximum Gasteiger partial charge on any atom is 0.0712 e. The highest BCUT2D eigenvalue weighted by Crippen LogP contribution is 2.35. The van der Waals surface area contributed by atoms with E-state index in [1.54, 1.807) is 11.1 Å². The molecule has 1 atom stereocenters. The van der Waals surface area contributed by atoms with Gasteiger partial charge in [-0.05, 0) is 38.5 Å². The van der Waals surface area contributed by atoms with E-state index in [1.165, 1.54) is 64.2 Å². The first-order valence-electron chi connectivity index (χ1n) is 7.68. The summed E-state index contributed by atoms with van der Waals surface area (Å²) in [5.74, 6) is 0.819. The Bertz CT molecular complexity index is 230. The zero-order chi connectivity index (χ0) is 12.5. The molecule has 1 aliphatic rings. The van der Waals surface area contributed by atoms with Gasteiger partial charge in [0.25, 0.3) is 0 Å². The average molecular weight is 232 g/mol. The zero-order valence-electron chi connectivity index (χ0n) is 11.9. The summed E-state index contributed by atoms with van der Waals surface area (Å²) in [6, 6.07) is 0. The molecule has 0 aromatic carbocycles. The second-order valence-corrected chi connectivity index (χ2v) is 5.66. The van der Waals surface area contributed by atoms with Gasteiger partial charge in [0, 0.05) is 0 Å². The first-order chi connectivity index (χ1) is 8.29. The summed E-state index contributed by atoms with van der Waals surface area (Å²) >= 11 is 0. The minimum atomic E-state index is 0.798. The molecule has 0 heterocycles. The number of allylic oxidation sites excluding steroid dienone is 2. The van der Waals surface area contributed by atoms with Crippen LogP contribution < -0.4 is 0 Å². The summed E-state index contributed by atoms with van der Waals surface area (Å²) in [7, 11) is 5.90. The first-order valence-corrected chi connectivity index (χ1v) is 7.68. The smallest absolute Gasteiger partial charge is 0.0712 e. The summed E-state index contributed by atoms with van der Waals surface area (Å²) in [6.07, 6.45) is 14.7. The third kappa shape index (κ3) is 5.32. The van der Waals surface area contributed by atoms with Gasteiger partial charge in [0.2, 0.25) is 0 Å². The Morgan fingerprint density at radius 1 is 1.12 bits per heavy atom. The van der Waals surface area contributed by atoms with E-state index in [0.29, 0.717) is 0 Å². The van der Waals surface area contributed by atoms with Crippen LogP contribution >= 0.6 is 0 Å². The third-order valence-corrected chi connectivity index (χ3v) is 4.27. The van der Waals surface area contributed by atoms with Crippen molar-refractivity contribution in [2.75, 3.05) is 0 Å². The van der Waals surface area contributed by atoms with Gasteiger partial charge in [-0.3, -0.25) is 0 Å². The Hall–Kier alpha value is -0.195. The highest BCUT2D eigenvalue weighted by Gasteiger charge is 2.18. The molecule has 2 radical (unpaired) electrons. The van der Waals surface area contributed by atoms with E-state index in [-0.39, 0.29) is 0 Å². The molecule has 0 saturated carbocycles. The molecule has 0 fully saturated rings. The third-order valence-electron chi connectivity index (χ3n) is 4.27. The van der Waals surface area contributed by atoms with Crippen molar-refractivity contribution in [3.63, 3.8) is 0 Å². The van der Waals surface area contributed by atoms with Crippen molar-refractivity contribution in [3.05, 3.63) is 11.1 Å². The highest BCUT2D eigenvalue weighted by molar-refractivity contribution is 6.10. The van der Waals surface area contributed by atoms with Crippen molar-refractivity contribution in [1.29, 1.82) is 0 Å². The molecular formula is C16H29B. The van der Waals surface area contributed by atoms with Crippen LogP contribution in [-0.4, -0.2) is 7.85 Å². The van der Waals surface area contributed by atoms with Crippen LogP contribution in [0.2, 0.25) is 6.32 Å². The Morgan fingerprint density at radius 3 is 2.53 bits per heavy atom. The molecule has 96 valence electrons. The Kier molecular flexibility index (Phi) is 7.72. The van der Waals surface area contributed by atoms with Gasteiger partial charge in [-0.1, -0.05) is 62.9 Å². The second kappa shape index (κ2) is 8.83. The van der Waals surface area contributed by atoms with Crippen LogP contribution in [0.1, 0.15) is 78.1 Å². The summed E-state index contributed by atoms with van der Waals surface area (Å²) in [5.41, 5.74) is 3.18. The molecule has 1 rings (SSSR count). The normalized spacial score (nSPS) is 20.9. The van der Waals surface area contributed by atoms with Crippen molar-refractivity contribution in [2.24, 2.45) is 5.92 Å². The van der Waals surface area contributed by atoms with Gasteiger partial charge in [-0.2, -0.15) is 0 Å². The van der Waals surface area contributed by atoms with Crippen LogP contribution in [0.5, 0.6) is 0 Å². The fraction of sp³-hybridized carbons (Fsp3) is 0.875. The highest BCUT2D eigenvalue weighted by atomic mass is 14.2. The van der Waals surface area contributed by atoms with Crippen molar-refractivity contribution in [2.45, 2.75) is 84.4 Å². The lowest BCUT2D eigenvalue weighted by Crippen LogP contribution is -2.11. The maximum absolute atomic E-state index is 5.90. The minimum Gasteiger partial charge on any atom is -0.0767 e. The molecule has 0 amide bonds. The van der Waals surface area contributed by atoms with Crippen molar-refractivity contribution < 1.29 is 0 Å². The van der Waals surface area contributed by atoms with Crippen LogP contribution in [0, 0.1) is 5.92 Å². The summed E-state index contributed by atoms with van der Waals surface area (Å²) < 4.78 is 0. The summed E-state index contributed by atoms with van der Waals surface area (Å²) in [5, 5.41) is 0. The largest absolute Gasteiger partial charge is 0.0767 e. The predicted octanol–water partition coefficient (Wildman–Crippen LogP) is 5.44. The van der Waals surface area contributed by atoms with Gasteiger partial charge in [-0.25, -0.2) is 0 Å². The van der Waals surface area contributed by atoms with Crippen molar-refractivity contribution in [1.82, 2.24) is 0 Å². The number of hydrogen-bond acceptors (Lipinski definition) is 0. The van der Waals surface area contributed by atoms with Gasteiger partial charge in [-0.15, -0.1) is 0 Å². The molecule has 1 heteroatoms. The summed E-state index contributed by atoms with van der Waals surface area (Å²) in [4.78, 5) is 0. The molecule has 0 nitrogen and oxygen atoms in total. The molecule has 0 spiro atoms. The molecule has 17 heavy (non-hydrogen) atoms. The Balaban J connectivity index is 2.19. The fourth-order valence-corrected chi connectivity index (χ4v) is 3.13. The lowest BCUT2D eigenvalue weighted by Gasteiger charge is -2.27. The number of rotatable bonds is 8. The molecule has 1 aliphatic carbocycles. The van der Waals surface area contributed by atoms with Gasteiger partial charge >= 0.3 is 0 Å². The van der Waals surface area contributed by atoms with Gasteiger partial charge < -0.3 is 0 Å². The molecule has 1 unspecified atom stereocenters. The monoisotopic (exact) mass is 232 g/mol. The van der Waals surface area contributed by atoms with Crippen LogP contribution in [0.15, 0.2) is 11.1 Å². The van der Waals surface area contributed by atoms with E-state index in [0.717, 1.165) is 12.2 Å². The fourth-order valence-electron chi connectivity index (χ4n) is 3.13. The molecule has 0 N–H and O–H groups in total. The standard InChI is InChI=1S/C16H29B/c1-3-4-5-6-7-8-11-15-12-9-10-14(2)16(15)13-17/h15H,3-13H2,1-2H3. The van der Waals surface area contributed by atoms with Crippen LogP contribution in [0.4, 0.5) is 0 Å². The first kappa shape index (κ1) is 14.9. The zero-order valence-corrected chi connectivity index (χ0v) is 11.9. The number of hydrogen-bond donors (Lipinski definition) is 0. The van der Waals surface area contributed by atoms with Gasteiger partial charge in [0.15, 0.2) is 0 Å². The van der Waals surface area contributed by atoms with Crippen molar-refractivity contribution in [3.8, 4) is 0 Å². The van der Waals surface area contributed by atoms with Crippen LogP contribution in [0.3, 0.4) is 0 Å². The molecule has 0 aromatic heterocycles. The molecule has 0 aliphatic heterocycles. The van der Waals surface area contributed by atoms with E-state index >= 15 is 0 Å². The predicted molar refractivity (Wildman–Crippen MR) is 78.6 cm³/mol. The van der Waals surface area contributed by atoms with Crippen molar-refractivity contribution >= 4 is 7.85 Å². The molecule has 0 aromatic rings. The average Bonchev–Trinajstić information content (AvgIpc) is 2.34. The second-order valence-electron chi connectivity index (χ2n) is 5.66. The van der Waals surface area contributed by atoms with Gasteiger partial charge in [0.05, 0.1) is 7.85 Å². The lowest BCUT2D eigenvalue weighted by molar-refractivity contribution is 0.440. The maximum atomic E-state index is 5.90. The minimum absolute atomic E-state index is 0.798. The Labute approximate surface area is 110 Å². The Morgan fingerprint density at radius 2 is 1.82 bits per heavy atom. The lowest BCUT2D eigenvalue weighted by atomic mass is 9.75. The quantitative estimate of drug-likeness (QED) is 0.297. The molecule has 0 bridgehead atoms. The summed E-state index contributed by atoms with van der Waals surface area (Å²) in [6.45, 7) is 4.57. The molecule has 0 saturated heterocycles. The topological polar surface area (TPSA) is 0 Å². The van der Waals surface area contributed by atoms with Crippen LogP contribution in [-0.2, 0) is 0 Å². The molecular weight excluding hydrogens is 203 g/mol. The SMILES string of the molecule is [B]CC1=C(C)CCCC1CCCCCCCC. The van der Waals surface area contributed by atoms with E-state index in [4.69, 9.17) is 7.85 Å². The van der Waals surface area contributed by atoms with E-state index in [9.17, 15) is 0 Å². The van der Waals surface area contributed by atoms with Gasteiger partial charge in [0.1, 0.15) is 0 Å². The number of unbranched alkanes of at least 4 members (excludes halogenated alkanes) is 5. The van der Waals surface area contributed by atoms with E-state index in [2.05, 4.69) is 13.8 Å².